The molecule has 0 saturated heterocycles. The van der Waals surface area contributed by atoms with Crippen LogP contribution in [-0.4, -0.2) is 29.2 Å². The summed E-state index contributed by atoms with van der Waals surface area (Å²) in [6.07, 6.45) is 3.93. The van der Waals surface area contributed by atoms with Crippen LogP contribution in [0.15, 0.2) is 29.3 Å². The van der Waals surface area contributed by atoms with Crippen LogP contribution in [0, 0.1) is 0 Å². The summed E-state index contributed by atoms with van der Waals surface area (Å²) in [6, 6.07) is 6.70. The van der Waals surface area contributed by atoms with Crippen molar-refractivity contribution in [3.8, 4) is 0 Å². The van der Waals surface area contributed by atoms with Crippen molar-refractivity contribution in [2.75, 3.05) is 11.9 Å². The molecule has 1 aliphatic rings. The Morgan fingerprint density at radius 2 is 1.75 bits per heavy atom. The number of carbonyl (C=O) groups is 3. The highest BCUT2D eigenvalue weighted by Crippen LogP contribution is 2.32. The van der Waals surface area contributed by atoms with Gasteiger partial charge in [-0.05, 0) is 24.1 Å². The fourth-order valence-corrected chi connectivity index (χ4v) is 2.91. The van der Waals surface area contributed by atoms with Gasteiger partial charge in [0, 0.05) is 19.2 Å². The maximum atomic E-state index is 12.5. The van der Waals surface area contributed by atoms with Gasteiger partial charge in [-0.1, -0.05) is 49.9 Å². The van der Waals surface area contributed by atoms with E-state index in [-0.39, 0.29) is 22.4 Å². The average molecular weight is 349 g/mol. The summed E-state index contributed by atoms with van der Waals surface area (Å²) >= 11 is 6.11. The molecule has 0 aromatic heterocycles. The molecule has 1 aliphatic heterocycles. The molecule has 128 valence electrons. The van der Waals surface area contributed by atoms with Crippen LogP contribution in [0.5, 0.6) is 0 Å². The maximum Gasteiger partial charge on any atom is 0.273 e. The van der Waals surface area contributed by atoms with Crippen molar-refractivity contribution in [3.05, 3.63) is 34.9 Å². The van der Waals surface area contributed by atoms with E-state index in [0.717, 1.165) is 25.7 Å². The molecule has 0 bridgehead atoms. The van der Waals surface area contributed by atoms with Crippen LogP contribution >= 0.6 is 11.6 Å². The number of benzene rings is 1. The Morgan fingerprint density at radius 3 is 2.33 bits per heavy atom. The van der Waals surface area contributed by atoms with Gasteiger partial charge < -0.3 is 5.32 Å². The summed E-state index contributed by atoms with van der Waals surface area (Å²) < 4.78 is 0. The summed E-state index contributed by atoms with van der Waals surface area (Å²) in [7, 11) is 0. The highest BCUT2D eigenvalue weighted by Gasteiger charge is 2.37. The van der Waals surface area contributed by atoms with Crippen LogP contribution in [0.1, 0.15) is 45.1 Å². The van der Waals surface area contributed by atoms with Crippen LogP contribution in [-0.2, 0) is 14.4 Å². The molecular formula is C18H21ClN2O3. The molecule has 24 heavy (non-hydrogen) atoms. The van der Waals surface area contributed by atoms with Gasteiger partial charge in [0.15, 0.2) is 0 Å². The summed E-state index contributed by atoms with van der Waals surface area (Å²) in [6.45, 7) is 3.91. The molecule has 0 spiro atoms. The second kappa shape index (κ2) is 8.11. The zero-order valence-corrected chi connectivity index (χ0v) is 14.7. The number of nitrogens with zero attached hydrogens (tertiary/aromatic N) is 1. The van der Waals surface area contributed by atoms with E-state index in [1.165, 1.54) is 11.8 Å². The molecule has 0 fully saturated rings. The van der Waals surface area contributed by atoms with Gasteiger partial charge in [-0.2, -0.15) is 0 Å². The lowest BCUT2D eigenvalue weighted by molar-refractivity contribution is -0.136. The third kappa shape index (κ3) is 4.03. The van der Waals surface area contributed by atoms with E-state index in [2.05, 4.69) is 12.2 Å². The first-order valence-corrected chi connectivity index (χ1v) is 8.47. The molecule has 0 unspecified atom stereocenters. The first-order valence-electron chi connectivity index (χ1n) is 8.09. The topological polar surface area (TPSA) is 66.5 Å². The van der Waals surface area contributed by atoms with Crippen molar-refractivity contribution in [1.82, 2.24) is 4.90 Å². The van der Waals surface area contributed by atoms with Crippen molar-refractivity contribution in [3.63, 3.8) is 0 Å². The van der Waals surface area contributed by atoms with Gasteiger partial charge in [-0.15, -0.1) is 0 Å². The molecule has 1 N–H and O–H groups in total. The number of hydrogen-bond donors (Lipinski definition) is 1. The lowest BCUT2D eigenvalue weighted by Crippen LogP contribution is -2.32. The SMILES string of the molecule is CCCCCCN1C(=O)C(Cl)=C(c2ccc(NC(C)=O)cc2)C1=O. The van der Waals surface area contributed by atoms with E-state index in [0.29, 0.717) is 17.8 Å². The van der Waals surface area contributed by atoms with E-state index < -0.39 is 5.91 Å². The molecular weight excluding hydrogens is 328 g/mol. The zero-order chi connectivity index (χ0) is 17.7. The lowest BCUT2D eigenvalue weighted by atomic mass is 10.1. The predicted molar refractivity (Wildman–Crippen MR) is 94.4 cm³/mol. The number of unbranched alkanes of at least 4 members (excludes halogenated alkanes) is 3. The number of anilines is 1. The smallest absolute Gasteiger partial charge is 0.273 e. The van der Waals surface area contributed by atoms with E-state index in [9.17, 15) is 14.4 Å². The Labute approximate surface area is 146 Å². The molecule has 3 amide bonds. The first kappa shape index (κ1) is 18.2. The van der Waals surface area contributed by atoms with Crippen molar-refractivity contribution < 1.29 is 14.4 Å². The molecule has 1 heterocycles. The molecule has 0 saturated carbocycles. The van der Waals surface area contributed by atoms with Crippen LogP contribution < -0.4 is 5.32 Å². The molecule has 5 nitrogen and oxygen atoms in total. The second-order valence-electron chi connectivity index (χ2n) is 5.77. The van der Waals surface area contributed by atoms with E-state index >= 15 is 0 Å². The molecule has 1 aromatic rings. The number of imide groups is 1. The Kier molecular flexibility index (Phi) is 6.15. The van der Waals surface area contributed by atoms with Crippen LogP contribution in [0.25, 0.3) is 5.57 Å². The average Bonchev–Trinajstić information content (AvgIpc) is 2.75. The van der Waals surface area contributed by atoms with Crippen molar-refractivity contribution in [2.45, 2.75) is 39.5 Å². The number of nitrogens with one attached hydrogen (secondary N) is 1. The number of hydrogen-bond acceptors (Lipinski definition) is 3. The highest BCUT2D eigenvalue weighted by atomic mass is 35.5. The normalized spacial score (nSPS) is 14.5. The van der Waals surface area contributed by atoms with Crippen LogP contribution in [0.4, 0.5) is 5.69 Å². The molecule has 1 aromatic carbocycles. The van der Waals surface area contributed by atoms with Gasteiger partial charge >= 0.3 is 0 Å². The van der Waals surface area contributed by atoms with Crippen LogP contribution in [0.2, 0.25) is 0 Å². The Balaban J connectivity index is 2.13. The van der Waals surface area contributed by atoms with Gasteiger partial charge in [0.05, 0.1) is 5.57 Å². The van der Waals surface area contributed by atoms with Crippen molar-refractivity contribution in [1.29, 1.82) is 0 Å². The van der Waals surface area contributed by atoms with E-state index in [1.54, 1.807) is 24.3 Å². The molecule has 0 aliphatic carbocycles. The largest absolute Gasteiger partial charge is 0.326 e. The summed E-state index contributed by atoms with van der Waals surface area (Å²) in [5, 5.41) is 2.61. The minimum absolute atomic E-state index is 0.0391. The molecule has 0 radical (unpaired) electrons. The number of halogens is 1. The van der Waals surface area contributed by atoms with Gasteiger partial charge in [0.25, 0.3) is 11.8 Å². The first-order chi connectivity index (χ1) is 11.5. The third-order valence-corrected chi connectivity index (χ3v) is 4.19. The summed E-state index contributed by atoms with van der Waals surface area (Å²) in [5.41, 5.74) is 1.42. The Morgan fingerprint density at radius 1 is 1.08 bits per heavy atom. The number of carbonyl (C=O) groups excluding carboxylic acids is 3. The summed E-state index contributed by atoms with van der Waals surface area (Å²) in [4.78, 5) is 37.0. The lowest BCUT2D eigenvalue weighted by Gasteiger charge is -2.14. The number of amides is 3. The van der Waals surface area contributed by atoms with Gasteiger partial charge in [0.1, 0.15) is 5.03 Å². The fraction of sp³-hybridized carbons (Fsp3) is 0.389. The van der Waals surface area contributed by atoms with E-state index in [1.807, 2.05) is 0 Å². The van der Waals surface area contributed by atoms with Crippen molar-refractivity contribution >= 4 is 40.6 Å². The molecule has 0 atom stereocenters. The minimum atomic E-state index is -0.431. The van der Waals surface area contributed by atoms with E-state index in [4.69, 9.17) is 11.6 Å². The van der Waals surface area contributed by atoms with Gasteiger partial charge in [-0.3, -0.25) is 19.3 Å². The monoisotopic (exact) mass is 348 g/mol. The van der Waals surface area contributed by atoms with Gasteiger partial charge in [0.2, 0.25) is 5.91 Å². The highest BCUT2D eigenvalue weighted by molar-refractivity contribution is 6.55. The maximum absolute atomic E-state index is 12.5. The van der Waals surface area contributed by atoms with Crippen LogP contribution in [0.3, 0.4) is 0 Å². The van der Waals surface area contributed by atoms with Gasteiger partial charge in [-0.25, -0.2) is 0 Å². The Bertz CT molecular complexity index is 680. The minimum Gasteiger partial charge on any atom is -0.326 e. The quantitative estimate of drug-likeness (QED) is 0.605. The second-order valence-corrected chi connectivity index (χ2v) is 6.15. The van der Waals surface area contributed by atoms with Crippen molar-refractivity contribution in [2.24, 2.45) is 0 Å². The standard InChI is InChI=1S/C18H21ClN2O3/c1-3-4-5-6-11-21-17(23)15(16(19)18(21)24)13-7-9-14(10-8-13)20-12(2)22/h7-10H,3-6,11H2,1-2H3,(H,20,22). The number of rotatable bonds is 7. The third-order valence-electron chi connectivity index (χ3n) is 3.84. The zero-order valence-electron chi connectivity index (χ0n) is 13.9. The fourth-order valence-electron chi connectivity index (χ4n) is 2.62. The summed E-state index contributed by atoms with van der Waals surface area (Å²) in [5.74, 6) is -0.960. The Hall–Kier alpha value is -2.14. The molecule has 2 rings (SSSR count). The predicted octanol–water partition coefficient (Wildman–Crippen LogP) is 3.54. The molecule has 6 heteroatoms.